The summed E-state index contributed by atoms with van der Waals surface area (Å²) in [5.41, 5.74) is 0.549. The van der Waals surface area contributed by atoms with Crippen molar-refractivity contribution in [1.82, 2.24) is 15.0 Å². The highest BCUT2D eigenvalue weighted by Gasteiger charge is 2.22. The molecule has 1 aromatic carbocycles. The second kappa shape index (κ2) is 11.8. The summed E-state index contributed by atoms with van der Waals surface area (Å²) in [5.74, 6) is 1.76. The fourth-order valence-electron chi connectivity index (χ4n) is 4.12. The van der Waals surface area contributed by atoms with Gasteiger partial charge in [-0.25, -0.2) is 4.39 Å². The molecule has 32 heavy (non-hydrogen) atoms. The first-order valence-electron chi connectivity index (χ1n) is 11.9. The third-order valence-electron chi connectivity index (χ3n) is 6.09. The molecule has 3 unspecified atom stereocenters. The van der Waals surface area contributed by atoms with Crippen LogP contribution >= 0.6 is 0 Å². The molecular formula is C24H37FN6O. The summed E-state index contributed by atoms with van der Waals surface area (Å²) in [6, 6.07) is 5.28. The lowest BCUT2D eigenvalue weighted by Gasteiger charge is -2.29. The number of rotatable bonds is 11. The minimum atomic E-state index is -0.441. The highest BCUT2D eigenvalue weighted by molar-refractivity contribution is 5.57. The maximum atomic E-state index is 14.1. The monoisotopic (exact) mass is 444 g/mol. The van der Waals surface area contributed by atoms with Gasteiger partial charge in [0.15, 0.2) is 11.6 Å². The highest BCUT2D eigenvalue weighted by atomic mass is 19.1. The van der Waals surface area contributed by atoms with Crippen molar-refractivity contribution >= 4 is 23.5 Å². The van der Waals surface area contributed by atoms with E-state index < -0.39 is 5.82 Å². The molecule has 1 aliphatic carbocycles. The number of ether oxygens (including phenoxy) is 1. The summed E-state index contributed by atoms with van der Waals surface area (Å²) in [7, 11) is 1.45. The van der Waals surface area contributed by atoms with Crippen LogP contribution in [-0.4, -0.2) is 34.1 Å². The predicted octanol–water partition coefficient (Wildman–Crippen LogP) is 6.13. The highest BCUT2D eigenvalue weighted by Crippen LogP contribution is 2.27. The SMILES string of the molecule is CCCCCC(C)Nc1nc(Nc2ccc(OC)c(F)c2)nc(NC2CCCCC2C)n1. The quantitative estimate of drug-likeness (QED) is 0.359. The number of methoxy groups -OCH3 is 1. The number of hydrogen-bond acceptors (Lipinski definition) is 7. The average molecular weight is 445 g/mol. The molecule has 0 aliphatic heterocycles. The van der Waals surface area contributed by atoms with Crippen LogP contribution in [0, 0.1) is 11.7 Å². The van der Waals surface area contributed by atoms with E-state index in [1.54, 1.807) is 12.1 Å². The van der Waals surface area contributed by atoms with E-state index in [2.05, 4.69) is 51.7 Å². The van der Waals surface area contributed by atoms with Crippen LogP contribution in [-0.2, 0) is 0 Å². The molecule has 2 aromatic rings. The molecule has 3 atom stereocenters. The number of nitrogens with one attached hydrogen (secondary N) is 3. The van der Waals surface area contributed by atoms with Gasteiger partial charge >= 0.3 is 0 Å². The van der Waals surface area contributed by atoms with Gasteiger partial charge in [-0.1, -0.05) is 46.0 Å². The molecule has 1 saturated carbocycles. The Hall–Kier alpha value is -2.64. The Morgan fingerprint density at radius 2 is 1.84 bits per heavy atom. The molecular weight excluding hydrogens is 407 g/mol. The van der Waals surface area contributed by atoms with Crippen LogP contribution in [0.5, 0.6) is 5.75 Å². The van der Waals surface area contributed by atoms with E-state index in [9.17, 15) is 4.39 Å². The molecule has 1 fully saturated rings. The number of halogens is 1. The van der Waals surface area contributed by atoms with Crippen molar-refractivity contribution in [2.45, 2.75) is 84.2 Å². The van der Waals surface area contributed by atoms with Gasteiger partial charge in [0.2, 0.25) is 17.8 Å². The molecule has 1 aliphatic rings. The molecule has 0 saturated heterocycles. The standard InChI is InChI=1S/C24H37FN6O/c1-5-6-7-11-17(3)26-22-29-23(27-18-13-14-21(32-4)19(25)15-18)31-24(30-22)28-20-12-9-8-10-16(20)2/h13-17,20H,5-12H2,1-4H3,(H3,26,27,28,29,30,31). The van der Waals surface area contributed by atoms with E-state index in [0.29, 0.717) is 35.5 Å². The van der Waals surface area contributed by atoms with Gasteiger partial charge in [0.05, 0.1) is 7.11 Å². The van der Waals surface area contributed by atoms with Crippen molar-refractivity contribution < 1.29 is 9.13 Å². The molecule has 0 radical (unpaired) electrons. The van der Waals surface area contributed by atoms with Gasteiger partial charge in [0.1, 0.15) is 0 Å². The summed E-state index contributed by atoms with van der Waals surface area (Å²) in [6.07, 6.45) is 9.42. The lowest BCUT2D eigenvalue weighted by atomic mass is 9.86. The van der Waals surface area contributed by atoms with E-state index in [1.165, 1.54) is 45.3 Å². The number of hydrogen-bond donors (Lipinski definition) is 3. The van der Waals surface area contributed by atoms with Crippen LogP contribution < -0.4 is 20.7 Å². The van der Waals surface area contributed by atoms with E-state index >= 15 is 0 Å². The van der Waals surface area contributed by atoms with Gasteiger partial charge in [-0.15, -0.1) is 0 Å². The molecule has 3 rings (SSSR count). The molecule has 0 amide bonds. The molecule has 176 valence electrons. The fraction of sp³-hybridized carbons (Fsp3) is 0.625. The summed E-state index contributed by atoms with van der Waals surface area (Å²) in [4.78, 5) is 13.8. The van der Waals surface area contributed by atoms with E-state index in [0.717, 1.165) is 19.3 Å². The summed E-state index contributed by atoms with van der Waals surface area (Å²) < 4.78 is 19.1. The van der Waals surface area contributed by atoms with Crippen molar-refractivity contribution in [1.29, 1.82) is 0 Å². The van der Waals surface area contributed by atoms with Crippen LogP contribution in [0.2, 0.25) is 0 Å². The Bertz CT molecular complexity index is 864. The summed E-state index contributed by atoms with van der Waals surface area (Å²) in [6.45, 7) is 6.61. The van der Waals surface area contributed by atoms with Crippen molar-refractivity contribution in [2.75, 3.05) is 23.1 Å². The van der Waals surface area contributed by atoms with Gasteiger partial charge in [-0.05, 0) is 44.2 Å². The fourth-order valence-corrected chi connectivity index (χ4v) is 4.12. The predicted molar refractivity (Wildman–Crippen MR) is 128 cm³/mol. The number of anilines is 4. The number of nitrogens with zero attached hydrogens (tertiary/aromatic N) is 3. The first kappa shape index (κ1) is 24.0. The lowest BCUT2D eigenvalue weighted by molar-refractivity contribution is 0.348. The van der Waals surface area contributed by atoms with Gasteiger partial charge < -0.3 is 20.7 Å². The topological polar surface area (TPSA) is 84.0 Å². The van der Waals surface area contributed by atoms with Crippen LogP contribution in [0.15, 0.2) is 18.2 Å². The Kier molecular flexibility index (Phi) is 8.88. The van der Waals surface area contributed by atoms with Gasteiger partial charge in [-0.3, -0.25) is 0 Å². The molecule has 1 heterocycles. The molecule has 3 N–H and O–H groups in total. The van der Waals surface area contributed by atoms with E-state index in [4.69, 9.17) is 4.74 Å². The number of benzene rings is 1. The summed E-state index contributed by atoms with van der Waals surface area (Å²) >= 11 is 0. The van der Waals surface area contributed by atoms with E-state index in [1.807, 2.05) is 0 Å². The average Bonchev–Trinajstić information content (AvgIpc) is 2.75. The Morgan fingerprint density at radius 1 is 1.09 bits per heavy atom. The maximum Gasteiger partial charge on any atom is 0.233 e. The Labute approximate surface area is 191 Å². The van der Waals surface area contributed by atoms with Crippen LogP contribution in [0.3, 0.4) is 0 Å². The zero-order valence-electron chi connectivity index (χ0n) is 19.7. The number of aromatic nitrogens is 3. The zero-order valence-corrected chi connectivity index (χ0v) is 19.7. The largest absolute Gasteiger partial charge is 0.494 e. The van der Waals surface area contributed by atoms with Crippen LogP contribution in [0.1, 0.15) is 72.1 Å². The third-order valence-corrected chi connectivity index (χ3v) is 6.09. The maximum absolute atomic E-state index is 14.1. The minimum absolute atomic E-state index is 0.197. The van der Waals surface area contributed by atoms with Crippen molar-refractivity contribution in [3.05, 3.63) is 24.0 Å². The third kappa shape index (κ3) is 6.93. The van der Waals surface area contributed by atoms with E-state index in [-0.39, 0.29) is 11.8 Å². The molecule has 7 nitrogen and oxygen atoms in total. The molecule has 8 heteroatoms. The molecule has 0 bridgehead atoms. The first-order valence-corrected chi connectivity index (χ1v) is 11.9. The second-order valence-corrected chi connectivity index (χ2v) is 8.83. The second-order valence-electron chi connectivity index (χ2n) is 8.83. The van der Waals surface area contributed by atoms with Gasteiger partial charge in [0.25, 0.3) is 0 Å². The molecule has 1 aromatic heterocycles. The first-order chi connectivity index (χ1) is 15.5. The number of unbranched alkanes of at least 4 members (excludes halogenated alkanes) is 2. The van der Waals surface area contributed by atoms with Crippen LogP contribution in [0.4, 0.5) is 27.9 Å². The van der Waals surface area contributed by atoms with Crippen LogP contribution in [0.25, 0.3) is 0 Å². The Balaban J connectivity index is 1.79. The molecule has 0 spiro atoms. The normalized spacial score (nSPS) is 19.3. The lowest BCUT2D eigenvalue weighted by Crippen LogP contribution is -2.31. The van der Waals surface area contributed by atoms with Gasteiger partial charge in [-0.2, -0.15) is 15.0 Å². The Morgan fingerprint density at radius 3 is 2.56 bits per heavy atom. The minimum Gasteiger partial charge on any atom is -0.494 e. The summed E-state index contributed by atoms with van der Waals surface area (Å²) in [5, 5.41) is 10.0. The van der Waals surface area contributed by atoms with Crippen molar-refractivity contribution in [3.8, 4) is 5.75 Å². The zero-order chi connectivity index (χ0) is 22.9. The van der Waals surface area contributed by atoms with Crippen molar-refractivity contribution in [2.24, 2.45) is 5.92 Å². The van der Waals surface area contributed by atoms with Crippen molar-refractivity contribution in [3.63, 3.8) is 0 Å². The van der Waals surface area contributed by atoms with Gasteiger partial charge in [0, 0.05) is 23.8 Å². The smallest absolute Gasteiger partial charge is 0.233 e.